The average Bonchev–Trinajstić information content (AvgIpc) is 3.67. The molecule has 270 valence electrons. The third-order valence-corrected chi connectivity index (χ3v) is 14.7. The van der Waals surface area contributed by atoms with Crippen molar-refractivity contribution in [2.45, 2.75) is 103 Å². The lowest BCUT2D eigenvalue weighted by molar-refractivity contribution is -0.174. The van der Waals surface area contributed by atoms with Crippen LogP contribution < -0.4 is 5.32 Å². The number of carbonyl (C=O) groups excluding carboxylic acids is 2. The number of allylic oxidation sites excluding steroid dienone is 4. The lowest BCUT2D eigenvalue weighted by atomic mass is 9.32. The number of amides is 2. The largest absolute Gasteiger partial charge is 0.416 e. The minimum Gasteiger partial charge on any atom is -0.393 e. The number of Topliss-reactive ketones (excluding diaryl/α,β-unsaturated/α-hetero) is 1. The van der Waals surface area contributed by atoms with E-state index in [1.165, 1.54) is 12.1 Å². The van der Waals surface area contributed by atoms with Crippen LogP contribution >= 0.6 is 11.3 Å². The van der Waals surface area contributed by atoms with Gasteiger partial charge in [0.25, 0.3) is 0 Å². The molecular formula is C40H49F3N2O4S. The maximum absolute atomic E-state index is 14.7. The van der Waals surface area contributed by atoms with Crippen LogP contribution in [0.2, 0.25) is 0 Å². The molecule has 1 aromatic carbocycles. The van der Waals surface area contributed by atoms with Crippen LogP contribution in [0.3, 0.4) is 0 Å². The number of nitrogens with zero attached hydrogens (tertiary/aromatic N) is 1. The molecule has 0 saturated heterocycles. The highest BCUT2D eigenvalue weighted by Crippen LogP contribution is 2.78. The van der Waals surface area contributed by atoms with Crippen molar-refractivity contribution in [3.05, 3.63) is 81.6 Å². The molecular weight excluding hydrogens is 662 g/mol. The summed E-state index contributed by atoms with van der Waals surface area (Å²) in [5, 5.41) is 28.8. The molecule has 50 heavy (non-hydrogen) atoms. The molecule has 2 aromatic rings. The van der Waals surface area contributed by atoms with Crippen LogP contribution in [0.4, 0.5) is 18.0 Å². The summed E-state index contributed by atoms with van der Waals surface area (Å²) >= 11 is 1.64. The molecule has 2 bridgehead atoms. The van der Waals surface area contributed by atoms with Crippen LogP contribution in [-0.4, -0.2) is 57.8 Å². The van der Waals surface area contributed by atoms with E-state index in [0.29, 0.717) is 57.1 Å². The first-order valence-corrected chi connectivity index (χ1v) is 19.0. The maximum Gasteiger partial charge on any atom is 0.416 e. The van der Waals surface area contributed by atoms with Gasteiger partial charge in [0, 0.05) is 44.8 Å². The molecule has 6 aliphatic rings. The summed E-state index contributed by atoms with van der Waals surface area (Å²) in [6.45, 7) is 8.79. The van der Waals surface area contributed by atoms with Crippen LogP contribution in [0.15, 0.2) is 65.6 Å². The summed E-state index contributed by atoms with van der Waals surface area (Å²) in [7, 11) is 0. The molecule has 3 fully saturated rings. The summed E-state index contributed by atoms with van der Waals surface area (Å²) < 4.78 is 41.6. The Morgan fingerprint density at radius 3 is 2.44 bits per heavy atom. The van der Waals surface area contributed by atoms with Crippen molar-refractivity contribution in [3.63, 3.8) is 0 Å². The first-order chi connectivity index (χ1) is 23.5. The Morgan fingerprint density at radius 2 is 1.74 bits per heavy atom. The van der Waals surface area contributed by atoms with Crippen LogP contribution in [-0.2, 0) is 12.6 Å². The summed E-state index contributed by atoms with van der Waals surface area (Å²) in [4.78, 5) is 31.3. The third-order valence-electron chi connectivity index (χ3n) is 13.8. The normalized spacial score (nSPS) is 37.2. The van der Waals surface area contributed by atoms with E-state index in [1.807, 2.05) is 37.4 Å². The summed E-state index contributed by atoms with van der Waals surface area (Å²) in [5.41, 5.74) is -3.99. The molecule has 3 saturated carbocycles. The van der Waals surface area contributed by atoms with E-state index in [-0.39, 0.29) is 41.4 Å². The summed E-state index contributed by atoms with van der Waals surface area (Å²) in [6.07, 6.45) is 6.23. The number of ketones is 1. The van der Waals surface area contributed by atoms with Gasteiger partial charge in [-0.2, -0.15) is 13.2 Å². The van der Waals surface area contributed by atoms with Gasteiger partial charge in [-0.3, -0.25) is 4.79 Å². The van der Waals surface area contributed by atoms with Crippen molar-refractivity contribution >= 4 is 23.2 Å². The molecule has 6 nitrogen and oxygen atoms in total. The predicted octanol–water partition coefficient (Wildman–Crippen LogP) is 8.20. The topological polar surface area (TPSA) is 89.9 Å². The molecule has 3 N–H and O–H groups in total. The van der Waals surface area contributed by atoms with Gasteiger partial charge in [0.2, 0.25) is 0 Å². The number of thiophene rings is 1. The van der Waals surface area contributed by atoms with E-state index in [1.54, 1.807) is 16.2 Å². The molecule has 1 aromatic heterocycles. The zero-order valence-electron chi connectivity index (χ0n) is 29.4. The first kappa shape index (κ1) is 35.5. The predicted molar refractivity (Wildman–Crippen MR) is 188 cm³/mol. The fourth-order valence-electron chi connectivity index (χ4n) is 11.2. The lowest BCUT2D eigenvalue weighted by Gasteiger charge is -2.71. The maximum atomic E-state index is 14.7. The Labute approximate surface area is 296 Å². The molecule has 6 aliphatic carbocycles. The van der Waals surface area contributed by atoms with E-state index in [2.05, 4.69) is 31.3 Å². The molecule has 10 heteroatoms. The second kappa shape index (κ2) is 12.1. The van der Waals surface area contributed by atoms with E-state index in [0.717, 1.165) is 23.4 Å². The van der Waals surface area contributed by atoms with E-state index >= 15 is 0 Å². The minimum atomic E-state index is -4.59. The molecule has 8 atom stereocenters. The number of hydrogen-bond donors (Lipinski definition) is 3. The van der Waals surface area contributed by atoms with Gasteiger partial charge >= 0.3 is 12.2 Å². The SMILES string of the molecule is CC(C)NC(=O)N(CCc1cccs1)C[C@]1(O)CC[C@H]2[C@]34C=C[C@@]5(C=C3C(=O)c3cccc(C(F)(F)F)c3)CC(O)CC[C@]5(C)[C@H]4CC[C@@]21C. The Balaban J connectivity index is 1.30. The highest BCUT2D eigenvalue weighted by molar-refractivity contribution is 7.09. The number of fused-ring (bicyclic) bond motifs is 1. The number of aliphatic hydroxyl groups is 2. The fraction of sp³-hybridized carbons (Fsp3) is 0.600. The van der Waals surface area contributed by atoms with Crippen LogP contribution in [0, 0.1) is 33.5 Å². The Morgan fingerprint density at radius 1 is 1.02 bits per heavy atom. The third kappa shape index (κ3) is 5.25. The van der Waals surface area contributed by atoms with Crippen LogP contribution in [0.25, 0.3) is 0 Å². The number of rotatable bonds is 8. The standard InChI is InChI=1S/C40H49F3N2O4S/c1-25(2)44-34(48)45(19-13-29-9-6-20-50-29)24-38(49)16-12-32-36(38,4)15-11-31-35(3)14-10-28(46)22-37(35)17-18-39(31,32)30(23-37)33(47)26-7-5-8-27(21-26)40(41,42)43/h5-9,17-18,20-21,23,25,28,31-32,46,49H,10-16,19,22,24H2,1-4H3,(H,44,48)/t28?,31-,32-,35-,36+,37+,38-,39-/m1/s1. The van der Waals surface area contributed by atoms with Gasteiger partial charge in [0.15, 0.2) is 5.78 Å². The van der Waals surface area contributed by atoms with E-state index in [4.69, 9.17) is 0 Å². The summed E-state index contributed by atoms with van der Waals surface area (Å²) in [6, 6.07) is 8.43. The van der Waals surface area contributed by atoms with Gasteiger partial charge in [-0.15, -0.1) is 11.3 Å². The van der Waals surface area contributed by atoms with Crippen LogP contribution in [0.1, 0.15) is 93.4 Å². The van der Waals surface area contributed by atoms with E-state index in [9.17, 15) is 33.0 Å². The van der Waals surface area contributed by atoms with Crippen molar-refractivity contribution in [2.24, 2.45) is 33.5 Å². The second-order valence-electron chi connectivity index (χ2n) is 16.6. The highest BCUT2D eigenvalue weighted by Gasteiger charge is 2.74. The average molecular weight is 711 g/mol. The number of halogens is 3. The number of hydrogen-bond acceptors (Lipinski definition) is 5. The fourth-order valence-corrected chi connectivity index (χ4v) is 11.9. The molecule has 0 radical (unpaired) electrons. The number of carbonyl (C=O) groups is 2. The second-order valence-corrected chi connectivity index (χ2v) is 17.6. The van der Waals surface area contributed by atoms with Crippen molar-refractivity contribution in [1.29, 1.82) is 0 Å². The van der Waals surface area contributed by atoms with Gasteiger partial charge < -0.3 is 20.4 Å². The number of aliphatic hydroxyl groups excluding tert-OH is 1. The molecule has 2 amide bonds. The van der Waals surface area contributed by atoms with Crippen molar-refractivity contribution in [3.8, 4) is 0 Å². The van der Waals surface area contributed by atoms with E-state index < -0.39 is 45.5 Å². The van der Waals surface area contributed by atoms with Gasteiger partial charge in [-0.05, 0) is 106 Å². The smallest absolute Gasteiger partial charge is 0.393 e. The Kier molecular flexibility index (Phi) is 8.55. The van der Waals surface area contributed by atoms with Gasteiger partial charge in [0.1, 0.15) is 0 Å². The molecule has 1 unspecified atom stereocenters. The zero-order valence-corrected chi connectivity index (χ0v) is 30.2. The number of nitrogens with one attached hydrogen (secondary N) is 1. The Bertz CT molecular complexity index is 1720. The molecule has 8 rings (SSSR count). The minimum absolute atomic E-state index is 0.000236. The summed E-state index contributed by atoms with van der Waals surface area (Å²) in [5.74, 6) is -0.604. The number of alkyl halides is 3. The molecule has 1 heterocycles. The first-order valence-electron chi connectivity index (χ1n) is 18.1. The number of urea groups is 1. The van der Waals surface area contributed by atoms with Gasteiger partial charge in [-0.1, -0.05) is 50.3 Å². The number of benzene rings is 1. The van der Waals surface area contributed by atoms with Crippen LogP contribution in [0.5, 0.6) is 0 Å². The molecule has 0 aliphatic heterocycles. The van der Waals surface area contributed by atoms with Gasteiger partial charge in [0.05, 0.1) is 23.8 Å². The zero-order chi connectivity index (χ0) is 35.9. The highest BCUT2D eigenvalue weighted by atomic mass is 32.1. The van der Waals surface area contributed by atoms with Gasteiger partial charge in [-0.25, -0.2) is 4.79 Å². The van der Waals surface area contributed by atoms with Crippen molar-refractivity contribution in [2.75, 3.05) is 13.1 Å². The Hall–Kier alpha value is -2.95. The lowest BCUT2D eigenvalue weighted by Crippen LogP contribution is -2.67. The molecule has 2 spiro atoms. The van der Waals surface area contributed by atoms with Crippen molar-refractivity contribution in [1.82, 2.24) is 10.2 Å². The van der Waals surface area contributed by atoms with Crippen molar-refractivity contribution < 1.29 is 33.0 Å². The quantitative estimate of drug-likeness (QED) is 0.190. The monoisotopic (exact) mass is 710 g/mol.